The first-order valence-electron chi connectivity index (χ1n) is 6.96. The van der Waals surface area contributed by atoms with E-state index in [0.717, 1.165) is 5.56 Å². The largest absolute Gasteiger partial charge is 0.459 e. The number of hydrogen-bond donors (Lipinski definition) is 2. The van der Waals surface area contributed by atoms with Gasteiger partial charge in [-0.25, -0.2) is 0 Å². The lowest BCUT2D eigenvalue weighted by atomic mass is 10.2. The predicted octanol–water partition coefficient (Wildman–Crippen LogP) is 1.34. The van der Waals surface area contributed by atoms with E-state index in [1.807, 2.05) is 30.3 Å². The number of hydrogen-bond acceptors (Lipinski definition) is 4. The van der Waals surface area contributed by atoms with Crippen LogP contribution >= 0.6 is 0 Å². The molecule has 6 nitrogen and oxygen atoms in total. The predicted molar refractivity (Wildman–Crippen MR) is 80.1 cm³/mol. The van der Waals surface area contributed by atoms with E-state index < -0.39 is 0 Å². The Morgan fingerprint density at radius 1 is 1.00 bits per heavy atom. The molecule has 0 saturated carbocycles. The normalized spacial score (nSPS) is 10.2. The van der Waals surface area contributed by atoms with Gasteiger partial charge in [-0.1, -0.05) is 30.3 Å². The maximum atomic E-state index is 11.5. The van der Waals surface area contributed by atoms with Crippen molar-refractivity contribution in [2.45, 2.75) is 6.61 Å². The molecule has 0 unspecified atom stereocenters. The fourth-order valence-corrected chi connectivity index (χ4v) is 1.76. The van der Waals surface area contributed by atoms with E-state index in [-0.39, 0.29) is 24.2 Å². The molecule has 0 radical (unpaired) electrons. The molecule has 0 fully saturated rings. The maximum absolute atomic E-state index is 11.5. The highest BCUT2D eigenvalue weighted by molar-refractivity contribution is 5.91. The lowest BCUT2D eigenvalue weighted by molar-refractivity contribution is -0.126. The van der Waals surface area contributed by atoms with Gasteiger partial charge in [0, 0.05) is 13.1 Å². The number of carbonyl (C=O) groups excluding carboxylic acids is 2. The molecule has 0 aliphatic carbocycles. The molecule has 0 bridgehead atoms. The smallest absolute Gasteiger partial charge is 0.287 e. The van der Waals surface area contributed by atoms with Gasteiger partial charge in [-0.3, -0.25) is 9.59 Å². The van der Waals surface area contributed by atoms with Crippen LogP contribution in [-0.4, -0.2) is 31.5 Å². The van der Waals surface area contributed by atoms with Crippen LogP contribution in [0, 0.1) is 0 Å². The van der Waals surface area contributed by atoms with Crippen molar-refractivity contribution in [1.82, 2.24) is 10.6 Å². The Morgan fingerprint density at radius 2 is 1.77 bits per heavy atom. The van der Waals surface area contributed by atoms with Crippen LogP contribution in [0.2, 0.25) is 0 Å². The van der Waals surface area contributed by atoms with E-state index in [0.29, 0.717) is 19.7 Å². The molecule has 2 aromatic rings. The summed E-state index contributed by atoms with van der Waals surface area (Å²) in [5.41, 5.74) is 1.01. The van der Waals surface area contributed by atoms with E-state index in [2.05, 4.69) is 10.6 Å². The van der Waals surface area contributed by atoms with Crippen molar-refractivity contribution >= 4 is 11.8 Å². The molecule has 1 heterocycles. The van der Waals surface area contributed by atoms with Crippen LogP contribution in [0.1, 0.15) is 16.1 Å². The lowest BCUT2D eigenvalue weighted by Crippen LogP contribution is -2.36. The molecule has 1 aromatic carbocycles. The number of amides is 2. The minimum Gasteiger partial charge on any atom is -0.459 e. The van der Waals surface area contributed by atoms with Crippen LogP contribution in [0.4, 0.5) is 0 Å². The third kappa shape index (κ3) is 5.41. The van der Waals surface area contributed by atoms with E-state index in [1.165, 1.54) is 6.26 Å². The second-order valence-electron chi connectivity index (χ2n) is 4.56. The summed E-state index contributed by atoms with van der Waals surface area (Å²) in [7, 11) is 0. The summed E-state index contributed by atoms with van der Waals surface area (Å²) >= 11 is 0. The Labute approximate surface area is 128 Å². The monoisotopic (exact) mass is 302 g/mol. The molecule has 116 valence electrons. The SMILES string of the molecule is O=C(COCc1ccccc1)NCCNC(=O)c1ccco1. The molecule has 0 spiro atoms. The number of rotatable bonds is 8. The Hall–Kier alpha value is -2.60. The van der Waals surface area contributed by atoms with Crippen LogP contribution in [-0.2, 0) is 16.1 Å². The van der Waals surface area contributed by atoms with E-state index >= 15 is 0 Å². The minimum atomic E-state index is -0.306. The molecule has 0 atom stereocenters. The van der Waals surface area contributed by atoms with Crippen molar-refractivity contribution in [1.29, 1.82) is 0 Å². The zero-order valence-corrected chi connectivity index (χ0v) is 12.1. The highest BCUT2D eigenvalue weighted by atomic mass is 16.5. The van der Waals surface area contributed by atoms with Crippen molar-refractivity contribution in [2.24, 2.45) is 0 Å². The Balaban J connectivity index is 1.53. The number of carbonyl (C=O) groups is 2. The quantitative estimate of drug-likeness (QED) is 0.721. The summed E-state index contributed by atoms with van der Waals surface area (Å²) in [6.45, 7) is 1.04. The fourth-order valence-electron chi connectivity index (χ4n) is 1.76. The van der Waals surface area contributed by atoms with Gasteiger partial charge >= 0.3 is 0 Å². The van der Waals surface area contributed by atoms with Crippen LogP contribution < -0.4 is 10.6 Å². The van der Waals surface area contributed by atoms with Gasteiger partial charge in [-0.15, -0.1) is 0 Å². The summed E-state index contributed by atoms with van der Waals surface area (Å²) in [4.78, 5) is 23.1. The van der Waals surface area contributed by atoms with Gasteiger partial charge in [-0.2, -0.15) is 0 Å². The minimum absolute atomic E-state index is 0.0129. The number of furan rings is 1. The molecule has 1 aromatic heterocycles. The molecule has 2 amide bonds. The fraction of sp³-hybridized carbons (Fsp3) is 0.250. The summed E-state index contributed by atoms with van der Waals surface area (Å²) < 4.78 is 10.3. The topological polar surface area (TPSA) is 80.6 Å². The number of benzene rings is 1. The molecule has 0 aliphatic rings. The van der Waals surface area contributed by atoms with Crippen molar-refractivity contribution in [3.8, 4) is 0 Å². The van der Waals surface area contributed by atoms with E-state index in [4.69, 9.17) is 9.15 Å². The standard InChI is InChI=1S/C16H18N2O4/c19-15(12-21-11-13-5-2-1-3-6-13)17-8-9-18-16(20)14-7-4-10-22-14/h1-7,10H,8-9,11-12H2,(H,17,19)(H,18,20). The van der Waals surface area contributed by atoms with Crippen molar-refractivity contribution in [3.05, 3.63) is 60.1 Å². The average Bonchev–Trinajstić information content (AvgIpc) is 3.07. The highest BCUT2D eigenvalue weighted by Crippen LogP contribution is 2.00. The van der Waals surface area contributed by atoms with Gasteiger partial charge in [0.2, 0.25) is 5.91 Å². The maximum Gasteiger partial charge on any atom is 0.287 e. The molecule has 2 rings (SSSR count). The third-order valence-corrected chi connectivity index (χ3v) is 2.82. The molecule has 6 heteroatoms. The first-order valence-corrected chi connectivity index (χ1v) is 6.96. The lowest BCUT2D eigenvalue weighted by Gasteiger charge is -2.07. The van der Waals surface area contributed by atoms with Crippen LogP contribution in [0.15, 0.2) is 53.1 Å². The van der Waals surface area contributed by atoms with Gasteiger partial charge in [0.15, 0.2) is 5.76 Å². The van der Waals surface area contributed by atoms with Crippen molar-refractivity contribution in [3.63, 3.8) is 0 Å². The molecule has 22 heavy (non-hydrogen) atoms. The van der Waals surface area contributed by atoms with Gasteiger partial charge in [-0.05, 0) is 17.7 Å². The van der Waals surface area contributed by atoms with Crippen molar-refractivity contribution < 1.29 is 18.7 Å². The van der Waals surface area contributed by atoms with Gasteiger partial charge < -0.3 is 19.8 Å². The summed E-state index contributed by atoms with van der Waals surface area (Å²) in [5.74, 6) is -0.278. The molecule has 2 N–H and O–H groups in total. The van der Waals surface area contributed by atoms with Gasteiger partial charge in [0.05, 0.1) is 12.9 Å². The Kier molecular flexibility index (Phi) is 6.19. The van der Waals surface area contributed by atoms with Crippen LogP contribution in [0.3, 0.4) is 0 Å². The summed E-state index contributed by atoms with van der Waals surface area (Å²) in [6, 6.07) is 12.8. The van der Waals surface area contributed by atoms with Crippen LogP contribution in [0.25, 0.3) is 0 Å². The number of nitrogens with one attached hydrogen (secondary N) is 2. The molecule has 0 aliphatic heterocycles. The number of ether oxygens (including phenoxy) is 1. The second kappa shape index (κ2) is 8.63. The highest BCUT2D eigenvalue weighted by Gasteiger charge is 2.07. The van der Waals surface area contributed by atoms with Gasteiger partial charge in [0.1, 0.15) is 6.61 Å². The molecular weight excluding hydrogens is 284 g/mol. The first-order chi connectivity index (χ1) is 10.8. The van der Waals surface area contributed by atoms with E-state index in [9.17, 15) is 9.59 Å². The second-order valence-corrected chi connectivity index (χ2v) is 4.56. The third-order valence-electron chi connectivity index (χ3n) is 2.82. The molecule has 0 saturated heterocycles. The average molecular weight is 302 g/mol. The Morgan fingerprint density at radius 3 is 2.50 bits per heavy atom. The van der Waals surface area contributed by atoms with E-state index in [1.54, 1.807) is 12.1 Å². The first kappa shape index (κ1) is 15.8. The zero-order valence-electron chi connectivity index (χ0n) is 12.1. The molecular formula is C16H18N2O4. The van der Waals surface area contributed by atoms with Gasteiger partial charge in [0.25, 0.3) is 5.91 Å². The zero-order chi connectivity index (χ0) is 15.6. The Bertz CT molecular complexity index is 581. The van der Waals surface area contributed by atoms with Crippen LogP contribution in [0.5, 0.6) is 0 Å². The summed E-state index contributed by atoms with van der Waals surface area (Å²) in [5, 5.41) is 5.29. The van der Waals surface area contributed by atoms with Crippen molar-refractivity contribution in [2.75, 3.05) is 19.7 Å². The summed E-state index contributed by atoms with van der Waals surface area (Å²) in [6.07, 6.45) is 1.43.